The smallest absolute Gasteiger partial charge is 0.268 e. The zero-order chi connectivity index (χ0) is 13.3. The van der Waals surface area contributed by atoms with Crippen LogP contribution in [-0.2, 0) is 7.05 Å². The summed E-state index contributed by atoms with van der Waals surface area (Å²) in [5, 5.41) is 9.94. The van der Waals surface area contributed by atoms with Gasteiger partial charge in [0.05, 0.1) is 16.3 Å². The minimum atomic E-state index is -0.118. The number of ether oxygens (including phenoxy) is 1. The summed E-state index contributed by atoms with van der Waals surface area (Å²) in [6, 6.07) is 5.14. The van der Waals surface area contributed by atoms with Crippen molar-refractivity contribution < 1.29 is 9.84 Å². The highest BCUT2D eigenvalue weighted by Crippen LogP contribution is 2.29. The monoisotopic (exact) mass is 263 g/mol. The molecule has 2 aromatic rings. The maximum Gasteiger partial charge on any atom is 0.268 e. The van der Waals surface area contributed by atoms with Gasteiger partial charge in [-0.25, -0.2) is 0 Å². The number of thiazole rings is 1. The lowest BCUT2D eigenvalue weighted by Gasteiger charge is -2.04. The number of benzene rings is 1. The van der Waals surface area contributed by atoms with Crippen LogP contribution in [0.15, 0.2) is 23.0 Å². The number of para-hydroxylation sites is 1. The van der Waals surface area contributed by atoms with Crippen LogP contribution in [0.25, 0.3) is 12.7 Å². The zero-order valence-electron chi connectivity index (χ0n) is 10.1. The Balaban J connectivity index is 2.68. The fourth-order valence-electron chi connectivity index (χ4n) is 1.57. The number of phenolic OH excluding ortho intramolecular Hbond substituents is 1. The van der Waals surface area contributed by atoms with E-state index in [1.54, 1.807) is 31.3 Å². The van der Waals surface area contributed by atoms with Crippen molar-refractivity contribution in [1.82, 2.24) is 4.57 Å². The summed E-state index contributed by atoms with van der Waals surface area (Å²) < 4.78 is 7.71. The van der Waals surface area contributed by atoms with Crippen LogP contribution < -0.4 is 19.5 Å². The molecule has 1 heterocycles. The number of rotatable bonds is 2. The van der Waals surface area contributed by atoms with Gasteiger partial charge in [0, 0.05) is 12.6 Å². The molecule has 0 atom stereocenters. The van der Waals surface area contributed by atoms with Crippen LogP contribution in [0.4, 0.5) is 0 Å². The SMILES string of the molecule is C=c1s/c(=C\c2cccc(OC)c2O)c(=O)n1C. The zero-order valence-corrected chi connectivity index (χ0v) is 11.0. The average Bonchev–Trinajstić information content (AvgIpc) is 2.60. The molecular formula is C13H13NO3S. The Morgan fingerprint density at radius 2 is 2.22 bits per heavy atom. The Morgan fingerprint density at radius 3 is 2.78 bits per heavy atom. The first kappa shape index (κ1) is 12.4. The molecule has 0 saturated carbocycles. The molecule has 94 valence electrons. The lowest BCUT2D eigenvalue weighted by Crippen LogP contribution is -2.28. The number of methoxy groups -OCH3 is 1. The largest absolute Gasteiger partial charge is 0.504 e. The Hall–Kier alpha value is -2.01. The second-order valence-electron chi connectivity index (χ2n) is 3.77. The van der Waals surface area contributed by atoms with E-state index in [-0.39, 0.29) is 11.3 Å². The lowest BCUT2D eigenvalue weighted by atomic mass is 10.2. The van der Waals surface area contributed by atoms with E-state index < -0.39 is 0 Å². The topological polar surface area (TPSA) is 51.5 Å². The molecule has 0 fully saturated rings. The first-order chi connectivity index (χ1) is 8.54. The molecule has 0 amide bonds. The predicted molar refractivity (Wildman–Crippen MR) is 72.6 cm³/mol. The van der Waals surface area contributed by atoms with Gasteiger partial charge < -0.3 is 14.4 Å². The van der Waals surface area contributed by atoms with Crippen LogP contribution in [0.2, 0.25) is 0 Å². The van der Waals surface area contributed by atoms with Gasteiger partial charge >= 0.3 is 0 Å². The van der Waals surface area contributed by atoms with Gasteiger partial charge in [0.25, 0.3) is 5.56 Å². The predicted octanol–water partition coefficient (Wildman–Crippen LogP) is 0.400. The molecular weight excluding hydrogens is 250 g/mol. The Morgan fingerprint density at radius 1 is 1.50 bits per heavy atom. The third-order valence-electron chi connectivity index (χ3n) is 2.65. The van der Waals surface area contributed by atoms with E-state index in [4.69, 9.17) is 4.74 Å². The number of nitrogens with zero attached hydrogens (tertiary/aromatic N) is 1. The quantitative estimate of drug-likeness (QED) is 0.853. The van der Waals surface area contributed by atoms with Gasteiger partial charge in [-0.2, -0.15) is 0 Å². The highest BCUT2D eigenvalue weighted by molar-refractivity contribution is 7.07. The molecule has 18 heavy (non-hydrogen) atoms. The van der Waals surface area contributed by atoms with Crippen LogP contribution in [0.3, 0.4) is 0 Å². The van der Waals surface area contributed by atoms with Gasteiger partial charge in [-0.05, 0) is 12.1 Å². The second-order valence-corrected chi connectivity index (χ2v) is 4.88. The summed E-state index contributed by atoms with van der Waals surface area (Å²) in [5.41, 5.74) is 0.431. The maximum absolute atomic E-state index is 11.8. The van der Waals surface area contributed by atoms with Gasteiger partial charge in [-0.15, -0.1) is 11.3 Å². The van der Waals surface area contributed by atoms with E-state index >= 15 is 0 Å². The number of aromatic nitrogens is 1. The molecule has 0 saturated heterocycles. The summed E-state index contributed by atoms with van der Waals surface area (Å²) in [6.45, 7) is 3.77. The number of phenols is 1. The Bertz CT molecular complexity index is 743. The number of hydrogen-bond acceptors (Lipinski definition) is 4. The molecule has 4 nitrogen and oxygen atoms in total. The van der Waals surface area contributed by atoms with Gasteiger partial charge in [0.1, 0.15) is 0 Å². The molecule has 0 aliphatic heterocycles. The number of aromatic hydroxyl groups is 1. The molecule has 0 bridgehead atoms. The fraction of sp³-hybridized carbons (Fsp3) is 0.154. The molecule has 0 spiro atoms. The summed E-state index contributed by atoms with van der Waals surface area (Å²) in [6.07, 6.45) is 1.64. The second kappa shape index (κ2) is 4.70. The Labute approximate surface area is 108 Å². The van der Waals surface area contributed by atoms with E-state index in [2.05, 4.69) is 6.58 Å². The fourth-order valence-corrected chi connectivity index (χ4v) is 2.45. The van der Waals surface area contributed by atoms with E-state index in [0.29, 0.717) is 20.5 Å². The Kier molecular flexibility index (Phi) is 3.25. The minimum absolute atomic E-state index is 0.0288. The van der Waals surface area contributed by atoms with Crippen molar-refractivity contribution in [3.05, 3.63) is 43.3 Å². The molecule has 0 aliphatic carbocycles. The first-order valence-electron chi connectivity index (χ1n) is 5.27. The molecule has 0 unspecified atom stereocenters. The lowest BCUT2D eigenvalue weighted by molar-refractivity contribution is 0.373. The van der Waals surface area contributed by atoms with Crippen LogP contribution in [0.5, 0.6) is 11.5 Å². The molecule has 5 heteroatoms. The van der Waals surface area contributed by atoms with Crippen LogP contribution in [-0.4, -0.2) is 16.8 Å². The standard InChI is InChI=1S/C13H13NO3S/c1-8-14(2)13(16)11(18-8)7-9-5-4-6-10(17-3)12(9)15/h4-7,15H,1H2,2-3H3/b11-7-. The normalized spacial score (nSPS) is 11.8. The third kappa shape index (κ3) is 2.04. The third-order valence-corrected chi connectivity index (χ3v) is 3.68. The van der Waals surface area contributed by atoms with E-state index in [1.165, 1.54) is 23.0 Å². The molecule has 2 rings (SSSR count). The van der Waals surface area contributed by atoms with Crippen molar-refractivity contribution >= 4 is 24.0 Å². The van der Waals surface area contributed by atoms with Crippen molar-refractivity contribution in [3.63, 3.8) is 0 Å². The summed E-state index contributed by atoms with van der Waals surface area (Å²) >= 11 is 1.29. The average molecular weight is 263 g/mol. The minimum Gasteiger partial charge on any atom is -0.504 e. The first-order valence-corrected chi connectivity index (χ1v) is 6.08. The van der Waals surface area contributed by atoms with E-state index in [0.717, 1.165) is 0 Å². The maximum atomic E-state index is 11.8. The van der Waals surface area contributed by atoms with Gasteiger partial charge in [0.15, 0.2) is 11.5 Å². The summed E-state index contributed by atoms with van der Waals surface area (Å²) in [7, 11) is 3.15. The highest BCUT2D eigenvalue weighted by atomic mass is 32.1. The van der Waals surface area contributed by atoms with Crippen molar-refractivity contribution in [1.29, 1.82) is 0 Å². The van der Waals surface area contributed by atoms with Crippen LogP contribution in [0.1, 0.15) is 5.56 Å². The molecule has 1 N–H and O–H groups in total. The molecule has 1 aromatic heterocycles. The van der Waals surface area contributed by atoms with E-state index in [1.807, 2.05) is 0 Å². The van der Waals surface area contributed by atoms with Gasteiger partial charge in [-0.3, -0.25) is 4.79 Å². The van der Waals surface area contributed by atoms with Gasteiger partial charge in [0.2, 0.25) is 0 Å². The van der Waals surface area contributed by atoms with Crippen molar-refractivity contribution in [2.75, 3.05) is 7.11 Å². The van der Waals surface area contributed by atoms with E-state index in [9.17, 15) is 9.90 Å². The summed E-state index contributed by atoms with van der Waals surface area (Å²) in [5.74, 6) is 0.410. The van der Waals surface area contributed by atoms with Crippen LogP contribution >= 0.6 is 11.3 Å². The number of hydrogen-bond donors (Lipinski definition) is 1. The summed E-state index contributed by atoms with van der Waals surface area (Å²) in [4.78, 5) is 11.8. The van der Waals surface area contributed by atoms with Crippen molar-refractivity contribution in [2.24, 2.45) is 7.05 Å². The van der Waals surface area contributed by atoms with Crippen molar-refractivity contribution in [3.8, 4) is 11.5 Å². The highest BCUT2D eigenvalue weighted by Gasteiger charge is 2.06. The van der Waals surface area contributed by atoms with Crippen molar-refractivity contribution in [2.45, 2.75) is 0 Å². The molecule has 0 aliphatic rings. The van der Waals surface area contributed by atoms with Gasteiger partial charge in [-0.1, -0.05) is 18.7 Å². The molecule has 0 radical (unpaired) electrons. The molecule has 1 aromatic carbocycles. The van der Waals surface area contributed by atoms with Crippen LogP contribution in [0, 0.1) is 0 Å².